The summed E-state index contributed by atoms with van der Waals surface area (Å²) < 4.78 is 10.7. The zero-order valence-electron chi connectivity index (χ0n) is 18.0. The number of fused-ring (bicyclic) bond motifs is 1. The van der Waals surface area contributed by atoms with Crippen LogP contribution >= 0.6 is 11.8 Å². The third-order valence-corrected chi connectivity index (χ3v) is 7.68. The summed E-state index contributed by atoms with van der Waals surface area (Å²) in [6, 6.07) is -1.04. The molecular formula is C21H30N2O7S. The molecule has 2 heterocycles. The van der Waals surface area contributed by atoms with E-state index in [0.29, 0.717) is 19.4 Å². The molecule has 31 heavy (non-hydrogen) atoms. The molecule has 0 aromatic carbocycles. The van der Waals surface area contributed by atoms with E-state index < -0.39 is 46.2 Å². The number of allylic oxidation sites excluding steroid dienone is 1. The Bertz CT molecular complexity index is 788. The van der Waals surface area contributed by atoms with Crippen LogP contribution in [0.25, 0.3) is 0 Å². The molecule has 0 radical (unpaired) electrons. The first kappa shape index (κ1) is 23.7. The minimum absolute atomic E-state index is 0.101. The Morgan fingerprint density at radius 1 is 1.42 bits per heavy atom. The lowest BCUT2D eigenvalue weighted by Gasteiger charge is -2.45. The highest BCUT2D eigenvalue weighted by Crippen LogP contribution is 2.51. The molecule has 0 spiro atoms. The van der Waals surface area contributed by atoms with Crippen LogP contribution in [-0.4, -0.2) is 70.8 Å². The molecule has 1 aliphatic carbocycles. The van der Waals surface area contributed by atoms with Gasteiger partial charge in [0.05, 0.1) is 19.1 Å². The topological polar surface area (TPSA) is 131 Å². The van der Waals surface area contributed by atoms with Gasteiger partial charge in [-0.05, 0) is 32.6 Å². The number of rotatable bonds is 7. The van der Waals surface area contributed by atoms with Crippen molar-refractivity contribution in [1.82, 2.24) is 10.6 Å². The lowest BCUT2D eigenvalue weighted by molar-refractivity contribution is -0.144. The Morgan fingerprint density at radius 3 is 2.77 bits per heavy atom. The van der Waals surface area contributed by atoms with Crippen LogP contribution in [-0.2, 0) is 28.7 Å². The molecule has 172 valence electrons. The number of nitrogens with one attached hydrogen (secondary N) is 2. The summed E-state index contributed by atoms with van der Waals surface area (Å²) in [6.07, 6.45) is 5.59. The summed E-state index contributed by atoms with van der Waals surface area (Å²) in [5.74, 6) is -2.41. The van der Waals surface area contributed by atoms with Gasteiger partial charge in [-0.25, -0.2) is 4.79 Å². The van der Waals surface area contributed by atoms with Crippen LogP contribution in [0, 0.1) is 11.8 Å². The normalized spacial score (nSPS) is 33.9. The van der Waals surface area contributed by atoms with Crippen molar-refractivity contribution >= 4 is 34.7 Å². The van der Waals surface area contributed by atoms with Crippen LogP contribution in [0.1, 0.15) is 39.5 Å². The summed E-state index contributed by atoms with van der Waals surface area (Å²) in [5, 5.41) is 16.2. The van der Waals surface area contributed by atoms with Gasteiger partial charge in [0.1, 0.15) is 11.6 Å². The van der Waals surface area contributed by atoms with E-state index in [4.69, 9.17) is 9.47 Å². The first-order valence-corrected chi connectivity index (χ1v) is 11.5. The number of carbonyl (C=O) groups excluding carboxylic acids is 4. The Hall–Kier alpha value is -1.91. The van der Waals surface area contributed by atoms with Gasteiger partial charge in [-0.1, -0.05) is 23.9 Å². The zero-order valence-corrected chi connectivity index (χ0v) is 18.8. The van der Waals surface area contributed by atoms with Crippen LogP contribution in [0.3, 0.4) is 0 Å². The number of esters is 1. The van der Waals surface area contributed by atoms with E-state index in [0.717, 1.165) is 24.6 Å². The lowest BCUT2D eigenvalue weighted by Crippen LogP contribution is -2.69. The molecule has 2 unspecified atom stereocenters. The van der Waals surface area contributed by atoms with Crippen LogP contribution < -0.4 is 10.6 Å². The minimum Gasteiger partial charge on any atom is -0.467 e. The van der Waals surface area contributed by atoms with Crippen LogP contribution in [0.2, 0.25) is 0 Å². The van der Waals surface area contributed by atoms with Crippen LogP contribution in [0.4, 0.5) is 0 Å². The molecule has 0 aromatic heterocycles. The molecule has 3 aliphatic rings. The minimum atomic E-state index is -1.67. The van der Waals surface area contributed by atoms with E-state index in [-0.39, 0.29) is 17.6 Å². The standard InChI is InChI=1S/C21H30N2O7S/c1-12(24)22-15(18(27)29-3)11-31-19(28)21(16(25)13-7-5-4-6-8-13)20(2)14(9-10-30-20)17(26)23-21/h5,7,13-16,25H,4,6,8-11H2,1-3H3,(H,22,24)(H,23,26)/t13-,14?,15?,16+,20+,21+/m1/s1. The Labute approximate surface area is 185 Å². The van der Waals surface area contributed by atoms with Gasteiger partial charge in [-0.2, -0.15) is 0 Å². The molecule has 6 atom stereocenters. The number of hydrogen-bond acceptors (Lipinski definition) is 8. The number of carbonyl (C=O) groups is 4. The monoisotopic (exact) mass is 454 g/mol. The number of aliphatic hydroxyl groups excluding tert-OH is 1. The predicted octanol–water partition coefficient (Wildman–Crippen LogP) is 0.305. The van der Waals surface area contributed by atoms with Gasteiger partial charge in [0.2, 0.25) is 16.9 Å². The van der Waals surface area contributed by atoms with Crippen molar-refractivity contribution in [1.29, 1.82) is 0 Å². The lowest BCUT2D eigenvalue weighted by atomic mass is 9.69. The van der Waals surface area contributed by atoms with E-state index >= 15 is 0 Å². The predicted molar refractivity (Wildman–Crippen MR) is 113 cm³/mol. The number of thioether (sulfide) groups is 1. The Kier molecular flexibility index (Phi) is 7.12. The zero-order chi connectivity index (χ0) is 22.8. The molecule has 2 saturated heterocycles. The van der Waals surface area contributed by atoms with Gasteiger partial charge in [0.25, 0.3) is 0 Å². The maximum absolute atomic E-state index is 13.7. The number of hydrogen-bond donors (Lipinski definition) is 3. The van der Waals surface area contributed by atoms with Crippen LogP contribution in [0.15, 0.2) is 12.2 Å². The first-order chi connectivity index (χ1) is 14.7. The SMILES string of the molecule is COC(=O)C(CSC(=O)[C@]1([C@@H](O)[C@@H]2C=CCCC2)NC(=O)C2CCO[C@@]21C)NC(C)=O. The third-order valence-electron chi connectivity index (χ3n) is 6.60. The highest BCUT2D eigenvalue weighted by atomic mass is 32.2. The smallest absolute Gasteiger partial charge is 0.329 e. The largest absolute Gasteiger partial charge is 0.467 e. The Morgan fingerprint density at radius 2 is 2.16 bits per heavy atom. The number of aliphatic hydroxyl groups is 1. The Balaban J connectivity index is 1.91. The average molecular weight is 455 g/mol. The highest BCUT2D eigenvalue weighted by Gasteiger charge is 2.71. The van der Waals surface area contributed by atoms with E-state index in [9.17, 15) is 24.3 Å². The summed E-state index contributed by atoms with van der Waals surface area (Å²) >= 11 is 0.775. The van der Waals surface area contributed by atoms with E-state index in [2.05, 4.69) is 10.6 Å². The van der Waals surface area contributed by atoms with Crippen molar-refractivity contribution in [3.63, 3.8) is 0 Å². The van der Waals surface area contributed by atoms with Crippen molar-refractivity contribution in [2.45, 2.75) is 62.8 Å². The van der Waals surface area contributed by atoms with Gasteiger partial charge in [-0.3, -0.25) is 14.4 Å². The maximum Gasteiger partial charge on any atom is 0.329 e. The second-order valence-corrected chi connectivity index (χ2v) is 9.43. The molecular weight excluding hydrogens is 424 g/mol. The summed E-state index contributed by atoms with van der Waals surface area (Å²) in [4.78, 5) is 49.9. The average Bonchev–Trinajstić information content (AvgIpc) is 3.25. The first-order valence-electron chi connectivity index (χ1n) is 10.5. The van der Waals surface area contributed by atoms with Gasteiger partial charge in [0, 0.05) is 25.2 Å². The van der Waals surface area contributed by atoms with Crippen molar-refractivity contribution in [3.05, 3.63) is 12.2 Å². The second-order valence-electron chi connectivity index (χ2n) is 8.44. The molecule has 9 nitrogen and oxygen atoms in total. The van der Waals surface area contributed by atoms with Crippen molar-refractivity contribution < 1.29 is 33.8 Å². The summed E-state index contributed by atoms with van der Waals surface area (Å²) in [5.41, 5.74) is -2.88. The van der Waals surface area contributed by atoms with Crippen molar-refractivity contribution in [2.75, 3.05) is 19.5 Å². The van der Waals surface area contributed by atoms with E-state index in [1.807, 2.05) is 12.2 Å². The third kappa shape index (κ3) is 4.12. The van der Waals surface area contributed by atoms with Crippen molar-refractivity contribution in [2.24, 2.45) is 11.8 Å². The van der Waals surface area contributed by atoms with Gasteiger partial charge < -0.3 is 25.2 Å². The van der Waals surface area contributed by atoms with Gasteiger partial charge in [-0.15, -0.1) is 0 Å². The van der Waals surface area contributed by atoms with Crippen molar-refractivity contribution in [3.8, 4) is 0 Å². The fourth-order valence-corrected chi connectivity index (χ4v) is 6.07. The van der Waals surface area contributed by atoms with E-state index in [1.54, 1.807) is 6.92 Å². The molecule has 10 heteroatoms. The maximum atomic E-state index is 13.7. The highest BCUT2D eigenvalue weighted by molar-refractivity contribution is 8.13. The summed E-state index contributed by atoms with van der Waals surface area (Å²) in [7, 11) is 1.19. The summed E-state index contributed by atoms with van der Waals surface area (Å²) in [6.45, 7) is 3.28. The molecule has 0 aromatic rings. The molecule has 2 amide bonds. The van der Waals surface area contributed by atoms with Crippen LogP contribution in [0.5, 0.6) is 0 Å². The molecule has 2 aliphatic heterocycles. The molecule has 2 fully saturated rings. The molecule has 3 N–H and O–H groups in total. The number of ether oxygens (including phenoxy) is 2. The van der Waals surface area contributed by atoms with E-state index in [1.165, 1.54) is 14.0 Å². The molecule has 0 saturated carbocycles. The number of methoxy groups -OCH3 is 1. The molecule has 3 rings (SSSR count). The number of amides is 2. The van der Waals surface area contributed by atoms with Gasteiger partial charge >= 0.3 is 5.97 Å². The van der Waals surface area contributed by atoms with Gasteiger partial charge in [0.15, 0.2) is 5.54 Å². The quantitative estimate of drug-likeness (QED) is 0.370. The fourth-order valence-electron chi connectivity index (χ4n) is 4.93. The fraction of sp³-hybridized carbons (Fsp3) is 0.714. The second kappa shape index (κ2) is 9.30. The molecule has 0 bridgehead atoms.